The third kappa shape index (κ3) is 5.69. The molecule has 2 fully saturated rings. The Labute approximate surface area is 180 Å². The van der Waals surface area contributed by atoms with Crippen LogP contribution in [0.2, 0.25) is 0 Å². The van der Waals surface area contributed by atoms with Crippen molar-refractivity contribution in [1.82, 2.24) is 14.5 Å². The number of allylic oxidation sites excluding steroid dienone is 1. The summed E-state index contributed by atoms with van der Waals surface area (Å²) in [6, 6.07) is 5.04. The molecular formula is C22H33N3O4S. The maximum Gasteiger partial charge on any atom is 0.251 e. The standard InChI is InChI=1S/C22H33N3O4S/c1-17(2)6-9-24-10-7-20(8-11-24)23-22(26)19-5-4-18(3)21(16-19)30(27,28)25-12-14-29-15-13-25/h4-6,16,20H,7-15H2,1-3H3,(H,23,26). The van der Waals surface area contributed by atoms with Crippen LogP contribution >= 0.6 is 0 Å². The molecule has 1 amide bonds. The highest BCUT2D eigenvalue weighted by atomic mass is 32.2. The monoisotopic (exact) mass is 435 g/mol. The molecule has 0 unspecified atom stereocenters. The van der Waals surface area contributed by atoms with Gasteiger partial charge in [0, 0.05) is 44.3 Å². The van der Waals surface area contributed by atoms with Gasteiger partial charge in [0.1, 0.15) is 0 Å². The van der Waals surface area contributed by atoms with Gasteiger partial charge in [0.2, 0.25) is 10.0 Å². The van der Waals surface area contributed by atoms with Crippen LogP contribution in [0.25, 0.3) is 0 Å². The molecule has 0 saturated carbocycles. The molecule has 0 aromatic heterocycles. The second-order valence-electron chi connectivity index (χ2n) is 8.33. The summed E-state index contributed by atoms with van der Waals surface area (Å²) in [5, 5.41) is 3.09. The lowest BCUT2D eigenvalue weighted by Gasteiger charge is -2.31. The van der Waals surface area contributed by atoms with Crippen LogP contribution in [-0.2, 0) is 14.8 Å². The summed E-state index contributed by atoms with van der Waals surface area (Å²) in [5.74, 6) is -0.212. The summed E-state index contributed by atoms with van der Waals surface area (Å²) in [5.41, 5.74) is 2.35. The van der Waals surface area contributed by atoms with Gasteiger partial charge >= 0.3 is 0 Å². The van der Waals surface area contributed by atoms with Gasteiger partial charge in [-0.25, -0.2) is 8.42 Å². The van der Waals surface area contributed by atoms with Crippen molar-refractivity contribution in [2.24, 2.45) is 0 Å². The third-order valence-corrected chi connectivity index (χ3v) is 7.76. The molecule has 30 heavy (non-hydrogen) atoms. The first kappa shape index (κ1) is 22.9. The SMILES string of the molecule is CC(C)=CCN1CCC(NC(=O)c2ccc(C)c(S(=O)(=O)N3CCOCC3)c2)CC1. The first-order valence-electron chi connectivity index (χ1n) is 10.6. The van der Waals surface area contributed by atoms with E-state index in [4.69, 9.17) is 4.74 Å². The van der Waals surface area contributed by atoms with E-state index >= 15 is 0 Å². The van der Waals surface area contributed by atoms with Gasteiger partial charge in [-0.2, -0.15) is 4.31 Å². The van der Waals surface area contributed by atoms with Crippen LogP contribution in [0, 0.1) is 6.92 Å². The summed E-state index contributed by atoms with van der Waals surface area (Å²) in [4.78, 5) is 15.4. The molecule has 8 heteroatoms. The normalized spacial score (nSPS) is 19.4. The number of carbonyl (C=O) groups is 1. The van der Waals surface area contributed by atoms with Crippen molar-refractivity contribution in [2.45, 2.75) is 44.6 Å². The van der Waals surface area contributed by atoms with E-state index in [9.17, 15) is 13.2 Å². The van der Waals surface area contributed by atoms with Crippen LogP contribution in [0.5, 0.6) is 0 Å². The van der Waals surface area contributed by atoms with Crippen molar-refractivity contribution in [3.63, 3.8) is 0 Å². The fourth-order valence-electron chi connectivity index (χ4n) is 3.79. The van der Waals surface area contributed by atoms with Crippen molar-refractivity contribution >= 4 is 15.9 Å². The van der Waals surface area contributed by atoms with Gasteiger partial charge in [0.25, 0.3) is 5.91 Å². The molecule has 2 heterocycles. The second kappa shape index (κ2) is 10.0. The number of hydrogen-bond acceptors (Lipinski definition) is 5. The molecule has 2 aliphatic heterocycles. The minimum absolute atomic E-state index is 0.112. The Balaban J connectivity index is 1.65. The summed E-state index contributed by atoms with van der Waals surface area (Å²) in [7, 11) is -3.64. The van der Waals surface area contributed by atoms with E-state index in [0.717, 1.165) is 32.5 Å². The van der Waals surface area contributed by atoms with E-state index in [1.54, 1.807) is 19.1 Å². The van der Waals surface area contributed by atoms with Gasteiger partial charge < -0.3 is 10.1 Å². The number of ether oxygens (including phenoxy) is 1. The molecule has 1 aromatic rings. The van der Waals surface area contributed by atoms with Crippen molar-refractivity contribution in [3.8, 4) is 0 Å². The molecule has 0 bridgehead atoms. The van der Waals surface area contributed by atoms with Crippen LogP contribution in [-0.4, -0.2) is 75.5 Å². The fourth-order valence-corrected chi connectivity index (χ4v) is 5.44. The average Bonchev–Trinajstić information content (AvgIpc) is 2.74. The highest BCUT2D eigenvalue weighted by Crippen LogP contribution is 2.23. The molecule has 7 nitrogen and oxygen atoms in total. The zero-order valence-electron chi connectivity index (χ0n) is 18.2. The Morgan fingerprint density at radius 1 is 1.17 bits per heavy atom. The maximum atomic E-state index is 13.0. The topological polar surface area (TPSA) is 79.0 Å². The Hall–Kier alpha value is -1.74. The molecule has 0 spiro atoms. The third-order valence-electron chi connectivity index (χ3n) is 5.72. The Morgan fingerprint density at radius 2 is 1.83 bits per heavy atom. The van der Waals surface area contributed by atoms with E-state index < -0.39 is 10.0 Å². The number of aryl methyl sites for hydroxylation is 1. The van der Waals surface area contributed by atoms with Crippen molar-refractivity contribution in [2.75, 3.05) is 45.9 Å². The summed E-state index contributed by atoms with van der Waals surface area (Å²) < 4.78 is 32.8. The predicted molar refractivity (Wildman–Crippen MR) is 117 cm³/mol. The Morgan fingerprint density at radius 3 is 2.47 bits per heavy atom. The van der Waals surface area contributed by atoms with Gasteiger partial charge in [-0.1, -0.05) is 17.7 Å². The minimum atomic E-state index is -3.64. The highest BCUT2D eigenvalue weighted by molar-refractivity contribution is 7.89. The van der Waals surface area contributed by atoms with Gasteiger partial charge in [0.15, 0.2) is 0 Å². The first-order valence-corrected chi connectivity index (χ1v) is 12.1. The largest absolute Gasteiger partial charge is 0.379 e. The molecule has 0 aliphatic carbocycles. The van der Waals surface area contributed by atoms with Gasteiger partial charge in [-0.15, -0.1) is 0 Å². The van der Waals surface area contributed by atoms with Gasteiger partial charge in [-0.05, 0) is 51.3 Å². The number of rotatable bonds is 6. The summed E-state index contributed by atoms with van der Waals surface area (Å²) in [6.45, 7) is 10.3. The summed E-state index contributed by atoms with van der Waals surface area (Å²) in [6.07, 6.45) is 4.02. The number of hydrogen-bond donors (Lipinski definition) is 1. The Bertz CT molecular complexity index is 880. The van der Waals surface area contributed by atoms with Crippen LogP contribution in [0.3, 0.4) is 0 Å². The molecule has 0 atom stereocenters. The molecule has 1 N–H and O–H groups in total. The number of likely N-dealkylation sites (tertiary alicyclic amines) is 1. The molecule has 2 aliphatic rings. The van der Waals surface area contributed by atoms with E-state index in [1.165, 1.54) is 15.9 Å². The number of nitrogens with one attached hydrogen (secondary N) is 1. The van der Waals surface area contributed by atoms with Gasteiger partial charge in [-0.3, -0.25) is 9.69 Å². The number of piperidine rings is 1. The van der Waals surface area contributed by atoms with Gasteiger partial charge in [0.05, 0.1) is 18.1 Å². The molecule has 0 radical (unpaired) electrons. The highest BCUT2D eigenvalue weighted by Gasteiger charge is 2.29. The smallest absolute Gasteiger partial charge is 0.251 e. The fraction of sp³-hybridized carbons (Fsp3) is 0.591. The maximum absolute atomic E-state index is 13.0. The van der Waals surface area contributed by atoms with E-state index in [2.05, 4.69) is 30.1 Å². The number of benzene rings is 1. The van der Waals surface area contributed by atoms with E-state index in [1.807, 2.05) is 0 Å². The lowest BCUT2D eigenvalue weighted by molar-refractivity contribution is 0.0730. The van der Waals surface area contributed by atoms with E-state index in [-0.39, 0.29) is 16.8 Å². The molecule has 3 rings (SSSR count). The lowest BCUT2D eigenvalue weighted by atomic mass is 10.0. The van der Waals surface area contributed by atoms with Crippen LogP contribution in [0.1, 0.15) is 42.6 Å². The van der Waals surface area contributed by atoms with Crippen LogP contribution in [0.15, 0.2) is 34.7 Å². The van der Waals surface area contributed by atoms with Crippen molar-refractivity contribution < 1.29 is 17.9 Å². The van der Waals surface area contributed by atoms with E-state index in [0.29, 0.717) is 37.4 Å². The second-order valence-corrected chi connectivity index (χ2v) is 10.2. The van der Waals surface area contributed by atoms with Crippen molar-refractivity contribution in [1.29, 1.82) is 0 Å². The average molecular weight is 436 g/mol. The zero-order valence-corrected chi connectivity index (χ0v) is 19.0. The number of amides is 1. The molecule has 2 saturated heterocycles. The predicted octanol–water partition coefficient (Wildman–Crippen LogP) is 2.18. The minimum Gasteiger partial charge on any atom is -0.379 e. The quantitative estimate of drug-likeness (QED) is 0.693. The zero-order chi connectivity index (χ0) is 21.7. The molecule has 1 aromatic carbocycles. The van der Waals surface area contributed by atoms with Crippen LogP contribution < -0.4 is 5.32 Å². The number of sulfonamides is 1. The van der Waals surface area contributed by atoms with Crippen LogP contribution in [0.4, 0.5) is 0 Å². The number of nitrogens with zero attached hydrogens (tertiary/aromatic N) is 2. The first-order chi connectivity index (χ1) is 14.3. The Kier molecular flexibility index (Phi) is 7.68. The number of morpholine rings is 1. The van der Waals surface area contributed by atoms with Crippen molar-refractivity contribution in [3.05, 3.63) is 41.0 Å². The molecule has 166 valence electrons. The lowest BCUT2D eigenvalue weighted by Crippen LogP contribution is -2.44. The number of carbonyl (C=O) groups excluding carboxylic acids is 1. The summed E-state index contributed by atoms with van der Waals surface area (Å²) >= 11 is 0. The molecular weight excluding hydrogens is 402 g/mol.